The molecule has 6 nitrogen and oxygen atoms in total. The smallest absolute Gasteiger partial charge is 0.253 e. The van der Waals surface area contributed by atoms with E-state index < -0.39 is 10.0 Å². The van der Waals surface area contributed by atoms with Crippen molar-refractivity contribution in [2.24, 2.45) is 0 Å². The van der Waals surface area contributed by atoms with Gasteiger partial charge in [-0.1, -0.05) is 0 Å². The molecule has 1 saturated heterocycles. The zero-order valence-corrected chi connectivity index (χ0v) is 13.4. The Balaban J connectivity index is 1.71. The molecule has 0 saturated carbocycles. The van der Waals surface area contributed by atoms with E-state index in [9.17, 15) is 13.2 Å². The summed E-state index contributed by atoms with van der Waals surface area (Å²) in [7, 11) is -3.25. The summed E-state index contributed by atoms with van der Waals surface area (Å²) in [5, 5.41) is 0. The number of carbonyl (C=O) groups excluding carboxylic acids is 1. The first-order chi connectivity index (χ1) is 10.4. The number of fused-ring (bicyclic) bond motifs is 1. The number of nitrogens with one attached hydrogen (secondary N) is 1. The summed E-state index contributed by atoms with van der Waals surface area (Å²) in [5.41, 5.74) is 1.71. The Morgan fingerprint density at radius 3 is 3.00 bits per heavy atom. The van der Waals surface area contributed by atoms with Crippen LogP contribution in [0.25, 0.3) is 0 Å². The zero-order valence-electron chi connectivity index (χ0n) is 12.5. The van der Waals surface area contributed by atoms with E-state index >= 15 is 0 Å². The fraction of sp³-hybridized carbons (Fsp3) is 0.533. The molecular weight excluding hydrogens is 304 g/mol. The molecule has 0 radical (unpaired) electrons. The topological polar surface area (TPSA) is 75.7 Å². The molecule has 1 fully saturated rings. The number of hydrogen-bond acceptors (Lipinski definition) is 4. The van der Waals surface area contributed by atoms with E-state index in [1.165, 1.54) is 0 Å². The summed E-state index contributed by atoms with van der Waals surface area (Å²) in [6.07, 6.45) is 3.53. The van der Waals surface area contributed by atoms with Gasteiger partial charge in [-0.05, 0) is 36.6 Å². The van der Waals surface area contributed by atoms with Crippen molar-refractivity contribution in [1.29, 1.82) is 0 Å². The van der Waals surface area contributed by atoms with E-state index in [-0.39, 0.29) is 11.9 Å². The van der Waals surface area contributed by atoms with Crippen LogP contribution in [0.5, 0.6) is 5.75 Å². The maximum Gasteiger partial charge on any atom is 0.253 e. The number of benzene rings is 1. The number of amides is 1. The number of carbonyl (C=O) groups is 1. The van der Waals surface area contributed by atoms with Crippen LogP contribution in [0, 0.1) is 0 Å². The summed E-state index contributed by atoms with van der Waals surface area (Å²) in [4.78, 5) is 14.3. The largest absolute Gasteiger partial charge is 0.493 e. The number of ether oxygens (including phenoxy) is 1. The van der Waals surface area contributed by atoms with Crippen molar-refractivity contribution >= 4 is 15.9 Å². The number of hydrogen-bond donors (Lipinski definition) is 1. The minimum Gasteiger partial charge on any atom is -0.493 e. The summed E-state index contributed by atoms with van der Waals surface area (Å²) in [5.74, 6) is 0.807. The summed E-state index contributed by atoms with van der Waals surface area (Å²) < 4.78 is 30.7. The molecule has 1 atom stereocenters. The Kier molecular flexibility index (Phi) is 4.10. The van der Waals surface area contributed by atoms with Crippen molar-refractivity contribution < 1.29 is 17.9 Å². The molecule has 7 heteroatoms. The third-order valence-electron chi connectivity index (χ3n) is 4.03. The predicted octanol–water partition coefficient (Wildman–Crippen LogP) is 0.775. The van der Waals surface area contributed by atoms with Crippen LogP contribution in [0.3, 0.4) is 0 Å². The highest BCUT2D eigenvalue weighted by Crippen LogP contribution is 2.26. The van der Waals surface area contributed by atoms with Crippen molar-refractivity contribution in [2.75, 3.05) is 26.0 Å². The molecule has 2 aliphatic rings. The Bertz CT molecular complexity index is 687. The molecular formula is C15H20N2O4S. The monoisotopic (exact) mass is 324 g/mol. The number of likely N-dealkylation sites (tertiary alicyclic amines) is 1. The summed E-state index contributed by atoms with van der Waals surface area (Å²) in [6, 6.07) is 5.30. The van der Waals surface area contributed by atoms with Crippen LogP contribution in [-0.4, -0.2) is 51.2 Å². The Labute approximate surface area is 130 Å². The van der Waals surface area contributed by atoms with Gasteiger partial charge in [-0.25, -0.2) is 13.1 Å². The molecule has 120 valence electrons. The molecule has 3 rings (SSSR count). The van der Waals surface area contributed by atoms with E-state index in [1.54, 1.807) is 11.0 Å². The van der Waals surface area contributed by atoms with E-state index in [2.05, 4.69) is 4.72 Å². The van der Waals surface area contributed by atoms with Crippen molar-refractivity contribution in [3.05, 3.63) is 29.3 Å². The van der Waals surface area contributed by atoms with Crippen molar-refractivity contribution in [2.45, 2.75) is 25.3 Å². The molecule has 2 heterocycles. The van der Waals surface area contributed by atoms with Gasteiger partial charge in [-0.15, -0.1) is 0 Å². The van der Waals surface area contributed by atoms with Gasteiger partial charge in [0.05, 0.1) is 12.9 Å². The van der Waals surface area contributed by atoms with Gasteiger partial charge in [-0.2, -0.15) is 0 Å². The maximum absolute atomic E-state index is 12.6. The van der Waals surface area contributed by atoms with Crippen LogP contribution in [0.4, 0.5) is 0 Å². The number of rotatable bonds is 3. The van der Waals surface area contributed by atoms with Crippen LogP contribution >= 0.6 is 0 Å². The molecule has 22 heavy (non-hydrogen) atoms. The van der Waals surface area contributed by atoms with Gasteiger partial charge >= 0.3 is 0 Å². The lowest BCUT2D eigenvalue weighted by Gasteiger charge is -2.32. The Morgan fingerprint density at radius 2 is 2.23 bits per heavy atom. The van der Waals surface area contributed by atoms with Crippen LogP contribution in [0.15, 0.2) is 18.2 Å². The molecule has 1 aromatic carbocycles. The maximum atomic E-state index is 12.6. The fourth-order valence-corrected chi connectivity index (χ4v) is 3.86. The van der Waals surface area contributed by atoms with Crippen LogP contribution in [-0.2, 0) is 16.4 Å². The van der Waals surface area contributed by atoms with Crippen molar-refractivity contribution in [3.63, 3.8) is 0 Å². The van der Waals surface area contributed by atoms with Gasteiger partial charge in [0.15, 0.2) is 0 Å². The Morgan fingerprint density at radius 1 is 1.41 bits per heavy atom. The second-order valence-electron chi connectivity index (χ2n) is 5.90. The van der Waals surface area contributed by atoms with E-state index in [4.69, 9.17) is 4.74 Å². The SMILES string of the molecule is CS(=O)(=O)N[C@H]1CCCN(C(=O)c2ccc3c(c2)CCO3)C1. The van der Waals surface area contributed by atoms with Gasteiger partial charge in [0.25, 0.3) is 5.91 Å². The van der Waals surface area contributed by atoms with Gasteiger partial charge in [0.1, 0.15) is 5.75 Å². The van der Waals surface area contributed by atoms with Gasteiger partial charge < -0.3 is 9.64 Å². The van der Waals surface area contributed by atoms with E-state index in [0.717, 1.165) is 36.8 Å². The highest BCUT2D eigenvalue weighted by molar-refractivity contribution is 7.88. The first-order valence-corrected chi connectivity index (χ1v) is 9.34. The first kappa shape index (κ1) is 15.3. The average Bonchev–Trinajstić information content (AvgIpc) is 2.92. The second-order valence-corrected chi connectivity index (χ2v) is 7.68. The van der Waals surface area contributed by atoms with Crippen molar-refractivity contribution in [1.82, 2.24) is 9.62 Å². The molecule has 1 aromatic rings. The third kappa shape index (κ3) is 3.41. The molecule has 2 aliphatic heterocycles. The van der Waals surface area contributed by atoms with Gasteiger partial charge in [-0.3, -0.25) is 4.79 Å². The molecule has 0 bridgehead atoms. The third-order valence-corrected chi connectivity index (χ3v) is 4.79. The van der Waals surface area contributed by atoms with Gasteiger partial charge in [0.2, 0.25) is 10.0 Å². The predicted molar refractivity (Wildman–Crippen MR) is 82.5 cm³/mol. The lowest BCUT2D eigenvalue weighted by molar-refractivity contribution is 0.0703. The fourth-order valence-electron chi connectivity index (χ4n) is 3.06. The molecule has 0 unspecified atom stereocenters. The lowest BCUT2D eigenvalue weighted by atomic mass is 10.0. The highest BCUT2D eigenvalue weighted by Gasteiger charge is 2.27. The first-order valence-electron chi connectivity index (χ1n) is 7.45. The number of piperidine rings is 1. The van der Waals surface area contributed by atoms with Crippen LogP contribution < -0.4 is 9.46 Å². The molecule has 1 amide bonds. The normalized spacial score (nSPS) is 21.3. The molecule has 0 spiro atoms. The minimum atomic E-state index is -3.25. The summed E-state index contributed by atoms with van der Waals surface area (Å²) >= 11 is 0. The zero-order chi connectivity index (χ0) is 15.7. The molecule has 1 N–H and O–H groups in total. The van der Waals surface area contributed by atoms with E-state index in [1.807, 2.05) is 12.1 Å². The Hall–Kier alpha value is -1.60. The molecule has 0 aromatic heterocycles. The quantitative estimate of drug-likeness (QED) is 0.891. The van der Waals surface area contributed by atoms with Crippen LogP contribution in [0.2, 0.25) is 0 Å². The minimum absolute atomic E-state index is 0.0466. The average molecular weight is 324 g/mol. The second kappa shape index (κ2) is 5.89. The summed E-state index contributed by atoms with van der Waals surface area (Å²) in [6.45, 7) is 1.74. The standard InChI is InChI=1S/C15H20N2O4S/c1-22(19,20)16-13-3-2-7-17(10-13)15(18)12-4-5-14-11(9-12)6-8-21-14/h4-5,9,13,16H,2-3,6-8,10H2,1H3/t13-/m0/s1. The highest BCUT2D eigenvalue weighted by atomic mass is 32.2. The molecule has 0 aliphatic carbocycles. The number of nitrogens with zero attached hydrogens (tertiary/aromatic N) is 1. The lowest BCUT2D eigenvalue weighted by Crippen LogP contribution is -2.49. The van der Waals surface area contributed by atoms with Crippen molar-refractivity contribution in [3.8, 4) is 5.75 Å². The number of sulfonamides is 1. The van der Waals surface area contributed by atoms with Gasteiger partial charge in [0, 0.05) is 31.1 Å². The van der Waals surface area contributed by atoms with E-state index in [0.29, 0.717) is 25.3 Å². The van der Waals surface area contributed by atoms with Crippen LogP contribution in [0.1, 0.15) is 28.8 Å².